The Balaban J connectivity index is 1.60. The minimum atomic E-state index is -0.0638. The molecule has 4 nitrogen and oxygen atoms in total. The van der Waals surface area contributed by atoms with Crippen molar-refractivity contribution in [2.24, 2.45) is 0 Å². The van der Waals surface area contributed by atoms with E-state index in [4.69, 9.17) is 9.15 Å². The summed E-state index contributed by atoms with van der Waals surface area (Å²) in [5.41, 5.74) is 1.25. The van der Waals surface area contributed by atoms with Crippen molar-refractivity contribution in [3.63, 3.8) is 0 Å². The van der Waals surface area contributed by atoms with E-state index in [1.165, 1.54) is 18.4 Å². The molecule has 0 bridgehead atoms. The molecule has 1 aromatic rings. The van der Waals surface area contributed by atoms with Gasteiger partial charge in [0.1, 0.15) is 11.5 Å². The highest BCUT2D eigenvalue weighted by atomic mass is 16.5. The molecule has 118 valence electrons. The Morgan fingerprint density at radius 2 is 2.14 bits per heavy atom. The standard InChI is InChI=1S/C17H28N2O2/c1-12-9-19(11-17(3,4)21-12)10-14-7-16(20-13(14)2)8-18-15-5-6-15/h7,12,15,18H,5-6,8-11H2,1-4H3. The van der Waals surface area contributed by atoms with Crippen LogP contribution in [0.15, 0.2) is 10.5 Å². The van der Waals surface area contributed by atoms with Crippen LogP contribution < -0.4 is 5.32 Å². The normalized spacial score (nSPS) is 26.2. The summed E-state index contributed by atoms with van der Waals surface area (Å²) in [5, 5.41) is 3.51. The summed E-state index contributed by atoms with van der Waals surface area (Å²) < 4.78 is 11.9. The van der Waals surface area contributed by atoms with Gasteiger partial charge >= 0.3 is 0 Å². The van der Waals surface area contributed by atoms with Crippen molar-refractivity contribution in [2.75, 3.05) is 13.1 Å². The zero-order valence-corrected chi connectivity index (χ0v) is 13.7. The van der Waals surface area contributed by atoms with Crippen LogP contribution in [0.25, 0.3) is 0 Å². The molecule has 2 heterocycles. The fourth-order valence-electron chi connectivity index (χ4n) is 3.31. The Hall–Kier alpha value is -0.840. The number of nitrogens with one attached hydrogen (secondary N) is 1. The first-order valence-electron chi connectivity index (χ1n) is 8.13. The number of rotatable bonds is 5. The average molecular weight is 292 g/mol. The number of aryl methyl sites for hydroxylation is 1. The minimum absolute atomic E-state index is 0.0638. The van der Waals surface area contributed by atoms with Gasteiger partial charge in [0.15, 0.2) is 0 Å². The predicted molar refractivity (Wildman–Crippen MR) is 83.2 cm³/mol. The van der Waals surface area contributed by atoms with E-state index >= 15 is 0 Å². The second kappa shape index (κ2) is 5.75. The zero-order valence-electron chi connectivity index (χ0n) is 13.7. The Morgan fingerprint density at radius 1 is 1.38 bits per heavy atom. The molecule has 0 aromatic carbocycles. The van der Waals surface area contributed by atoms with Gasteiger partial charge in [-0.1, -0.05) is 0 Å². The van der Waals surface area contributed by atoms with Gasteiger partial charge in [-0.3, -0.25) is 4.90 Å². The van der Waals surface area contributed by atoms with Crippen LogP contribution in [-0.4, -0.2) is 35.7 Å². The summed E-state index contributed by atoms with van der Waals surface area (Å²) in [7, 11) is 0. The van der Waals surface area contributed by atoms with E-state index in [1.54, 1.807) is 0 Å². The van der Waals surface area contributed by atoms with Gasteiger partial charge in [0.25, 0.3) is 0 Å². The average Bonchev–Trinajstić information content (AvgIpc) is 3.10. The third kappa shape index (κ3) is 4.09. The molecule has 1 aromatic heterocycles. The van der Waals surface area contributed by atoms with Gasteiger partial charge in [0.2, 0.25) is 0 Å². The molecule has 1 atom stereocenters. The van der Waals surface area contributed by atoms with Crippen LogP contribution in [-0.2, 0) is 17.8 Å². The third-order valence-corrected chi connectivity index (χ3v) is 4.25. The lowest BCUT2D eigenvalue weighted by atomic mass is 10.0. The van der Waals surface area contributed by atoms with E-state index in [9.17, 15) is 0 Å². The predicted octanol–water partition coefficient (Wildman–Crippen LogP) is 2.84. The smallest absolute Gasteiger partial charge is 0.118 e. The van der Waals surface area contributed by atoms with Gasteiger partial charge in [-0.05, 0) is 46.6 Å². The maximum atomic E-state index is 5.97. The second-order valence-corrected chi connectivity index (χ2v) is 7.31. The van der Waals surface area contributed by atoms with Crippen molar-refractivity contribution in [3.05, 3.63) is 23.2 Å². The van der Waals surface area contributed by atoms with Gasteiger partial charge in [-0.15, -0.1) is 0 Å². The molecule has 1 saturated carbocycles. The largest absolute Gasteiger partial charge is 0.465 e. The Morgan fingerprint density at radius 3 is 2.81 bits per heavy atom. The molecule has 0 spiro atoms. The summed E-state index contributed by atoms with van der Waals surface area (Å²) in [4.78, 5) is 2.48. The van der Waals surface area contributed by atoms with Crippen LogP contribution in [0.2, 0.25) is 0 Å². The maximum absolute atomic E-state index is 5.97. The van der Waals surface area contributed by atoms with E-state index in [0.29, 0.717) is 0 Å². The SMILES string of the molecule is Cc1oc(CNC2CC2)cc1CN1CC(C)OC(C)(C)C1. The molecule has 1 aliphatic heterocycles. The maximum Gasteiger partial charge on any atom is 0.118 e. The number of hydrogen-bond donors (Lipinski definition) is 1. The number of furan rings is 1. The molecular formula is C17H28N2O2. The second-order valence-electron chi connectivity index (χ2n) is 7.31. The summed E-state index contributed by atoms with van der Waals surface area (Å²) in [6.07, 6.45) is 2.91. The number of nitrogens with zero attached hydrogens (tertiary/aromatic N) is 1. The molecule has 4 heteroatoms. The first kappa shape index (κ1) is 15.1. The molecule has 1 saturated heterocycles. The Kier molecular flexibility index (Phi) is 4.12. The Labute approximate surface area is 127 Å². The lowest BCUT2D eigenvalue weighted by Crippen LogP contribution is -2.51. The van der Waals surface area contributed by atoms with Crippen LogP contribution in [0.4, 0.5) is 0 Å². The molecular weight excluding hydrogens is 264 g/mol. The van der Waals surface area contributed by atoms with Crippen LogP contribution in [0.1, 0.15) is 50.7 Å². The fourth-order valence-corrected chi connectivity index (χ4v) is 3.31. The molecule has 3 rings (SSSR count). The third-order valence-electron chi connectivity index (χ3n) is 4.25. The van der Waals surface area contributed by atoms with E-state index < -0.39 is 0 Å². The lowest BCUT2D eigenvalue weighted by Gasteiger charge is -2.41. The molecule has 0 radical (unpaired) electrons. The number of ether oxygens (including phenoxy) is 1. The van der Waals surface area contributed by atoms with Crippen LogP contribution in [0.5, 0.6) is 0 Å². The quantitative estimate of drug-likeness (QED) is 0.905. The fraction of sp³-hybridized carbons (Fsp3) is 0.765. The molecule has 2 aliphatic rings. The summed E-state index contributed by atoms with van der Waals surface area (Å²) in [5.74, 6) is 2.12. The van der Waals surface area contributed by atoms with Gasteiger partial charge < -0.3 is 14.5 Å². The van der Waals surface area contributed by atoms with Gasteiger partial charge in [-0.2, -0.15) is 0 Å². The molecule has 2 fully saturated rings. The topological polar surface area (TPSA) is 37.6 Å². The zero-order chi connectivity index (χ0) is 15.0. The van der Waals surface area contributed by atoms with E-state index in [-0.39, 0.29) is 11.7 Å². The first-order valence-corrected chi connectivity index (χ1v) is 8.13. The molecule has 1 unspecified atom stereocenters. The molecule has 1 N–H and O–H groups in total. The van der Waals surface area contributed by atoms with E-state index in [1.807, 2.05) is 0 Å². The van der Waals surface area contributed by atoms with Crippen molar-refractivity contribution in [3.8, 4) is 0 Å². The summed E-state index contributed by atoms with van der Waals surface area (Å²) in [6.45, 7) is 12.3. The molecule has 21 heavy (non-hydrogen) atoms. The first-order chi connectivity index (χ1) is 9.91. The highest BCUT2D eigenvalue weighted by Gasteiger charge is 2.31. The van der Waals surface area contributed by atoms with Gasteiger partial charge in [-0.25, -0.2) is 0 Å². The van der Waals surface area contributed by atoms with Crippen molar-refractivity contribution >= 4 is 0 Å². The highest BCUT2D eigenvalue weighted by molar-refractivity contribution is 5.21. The monoisotopic (exact) mass is 292 g/mol. The summed E-state index contributed by atoms with van der Waals surface area (Å²) in [6, 6.07) is 2.94. The van der Waals surface area contributed by atoms with Crippen LogP contribution >= 0.6 is 0 Å². The van der Waals surface area contributed by atoms with Crippen LogP contribution in [0, 0.1) is 6.92 Å². The van der Waals surface area contributed by atoms with Crippen molar-refractivity contribution in [1.29, 1.82) is 0 Å². The van der Waals surface area contributed by atoms with Crippen LogP contribution in [0.3, 0.4) is 0 Å². The number of hydrogen-bond acceptors (Lipinski definition) is 4. The van der Waals surface area contributed by atoms with E-state index in [0.717, 1.165) is 43.7 Å². The lowest BCUT2D eigenvalue weighted by molar-refractivity contribution is -0.130. The van der Waals surface area contributed by atoms with Crippen molar-refractivity contribution in [1.82, 2.24) is 10.2 Å². The van der Waals surface area contributed by atoms with Gasteiger partial charge in [0.05, 0.1) is 18.2 Å². The summed E-state index contributed by atoms with van der Waals surface area (Å²) >= 11 is 0. The minimum Gasteiger partial charge on any atom is -0.465 e. The highest BCUT2D eigenvalue weighted by Crippen LogP contribution is 2.25. The van der Waals surface area contributed by atoms with Crippen molar-refractivity contribution < 1.29 is 9.15 Å². The van der Waals surface area contributed by atoms with Gasteiger partial charge in [0, 0.05) is 31.2 Å². The van der Waals surface area contributed by atoms with E-state index in [2.05, 4.69) is 44.0 Å². The molecule has 0 amide bonds. The Bertz CT molecular complexity index is 491. The van der Waals surface area contributed by atoms with Crippen molar-refractivity contribution in [2.45, 2.75) is 71.4 Å². The number of morpholine rings is 1. The molecule has 1 aliphatic carbocycles.